The molecule has 1 atom stereocenters. The van der Waals surface area contributed by atoms with Crippen LogP contribution in [-0.2, 0) is 17.8 Å². The molecule has 0 aliphatic carbocycles. The van der Waals surface area contributed by atoms with Crippen LogP contribution in [0, 0.1) is 11.6 Å². The Morgan fingerprint density at radius 3 is 2.74 bits per heavy atom. The first kappa shape index (κ1) is 21.2. The van der Waals surface area contributed by atoms with Crippen molar-refractivity contribution >= 4 is 5.91 Å². The van der Waals surface area contributed by atoms with Gasteiger partial charge in [-0.3, -0.25) is 9.69 Å². The number of halogens is 2. The molecule has 1 aromatic heterocycles. The molecule has 1 aliphatic heterocycles. The van der Waals surface area contributed by atoms with Crippen molar-refractivity contribution in [2.75, 3.05) is 20.1 Å². The number of aromatic nitrogens is 1. The van der Waals surface area contributed by atoms with Crippen molar-refractivity contribution in [1.29, 1.82) is 0 Å². The zero-order valence-corrected chi connectivity index (χ0v) is 17.4. The monoisotopic (exact) mass is 425 g/mol. The second-order valence-electron chi connectivity index (χ2n) is 7.98. The number of amides is 1. The largest absolute Gasteiger partial charge is 0.443 e. The van der Waals surface area contributed by atoms with Gasteiger partial charge in [0, 0.05) is 25.1 Å². The maximum absolute atomic E-state index is 13.9. The number of likely N-dealkylation sites (tertiary alicyclic amines) is 1. The molecule has 31 heavy (non-hydrogen) atoms. The summed E-state index contributed by atoms with van der Waals surface area (Å²) in [6.45, 7) is 1.19. The van der Waals surface area contributed by atoms with E-state index in [9.17, 15) is 13.6 Å². The highest BCUT2D eigenvalue weighted by Crippen LogP contribution is 2.32. The number of hydrogen-bond acceptors (Lipinski definition) is 4. The minimum absolute atomic E-state index is 0.0281. The second-order valence-corrected chi connectivity index (χ2v) is 7.98. The van der Waals surface area contributed by atoms with Crippen LogP contribution in [0.2, 0.25) is 0 Å². The van der Waals surface area contributed by atoms with Gasteiger partial charge >= 0.3 is 0 Å². The molecule has 1 unspecified atom stereocenters. The highest BCUT2D eigenvalue weighted by Gasteiger charge is 2.33. The van der Waals surface area contributed by atoms with Gasteiger partial charge in [-0.15, -0.1) is 0 Å². The van der Waals surface area contributed by atoms with E-state index < -0.39 is 0 Å². The number of carbonyl (C=O) groups excluding carboxylic acids is 1. The van der Waals surface area contributed by atoms with Gasteiger partial charge in [0.25, 0.3) is 0 Å². The Morgan fingerprint density at radius 2 is 1.97 bits per heavy atom. The maximum atomic E-state index is 13.9. The first-order valence-electron chi connectivity index (χ1n) is 10.4. The lowest BCUT2D eigenvalue weighted by Crippen LogP contribution is -2.38. The Hall–Kier alpha value is -3.06. The summed E-state index contributed by atoms with van der Waals surface area (Å²) in [4.78, 5) is 20.9. The zero-order valence-electron chi connectivity index (χ0n) is 17.4. The molecular weight excluding hydrogens is 400 g/mol. The molecule has 1 aliphatic rings. The molecule has 0 saturated carbocycles. The predicted octanol–water partition coefficient (Wildman–Crippen LogP) is 4.34. The van der Waals surface area contributed by atoms with Crippen LogP contribution in [0.15, 0.2) is 59.1 Å². The lowest BCUT2D eigenvalue weighted by atomic mass is 10.1. The molecule has 3 aromatic rings. The van der Waals surface area contributed by atoms with Crippen LogP contribution in [0.25, 0.3) is 0 Å². The molecular formula is C24H25F2N3O2. The summed E-state index contributed by atoms with van der Waals surface area (Å²) in [5.41, 5.74) is 1.49. The first-order valence-corrected chi connectivity index (χ1v) is 10.4. The molecule has 0 bridgehead atoms. The smallest absolute Gasteiger partial charge is 0.237 e. The molecule has 5 nitrogen and oxygen atoms in total. The topological polar surface area (TPSA) is 49.6 Å². The molecule has 0 spiro atoms. The van der Waals surface area contributed by atoms with E-state index in [0.29, 0.717) is 36.7 Å². The van der Waals surface area contributed by atoms with Crippen LogP contribution in [0.4, 0.5) is 8.78 Å². The zero-order chi connectivity index (χ0) is 21.8. The molecule has 7 heteroatoms. The van der Waals surface area contributed by atoms with Crippen molar-refractivity contribution in [3.63, 3.8) is 0 Å². The minimum atomic E-state index is -0.276. The minimum Gasteiger partial charge on any atom is -0.443 e. The number of benzene rings is 2. The number of nitrogens with zero attached hydrogens (tertiary/aromatic N) is 3. The molecule has 4 rings (SSSR count). The maximum Gasteiger partial charge on any atom is 0.237 e. The van der Waals surface area contributed by atoms with Gasteiger partial charge in [0.1, 0.15) is 23.4 Å². The van der Waals surface area contributed by atoms with E-state index in [-0.39, 0.29) is 30.1 Å². The van der Waals surface area contributed by atoms with Gasteiger partial charge in [0.2, 0.25) is 11.8 Å². The Bertz CT molecular complexity index is 1040. The summed E-state index contributed by atoms with van der Waals surface area (Å²) < 4.78 is 32.9. The van der Waals surface area contributed by atoms with E-state index in [1.165, 1.54) is 18.2 Å². The van der Waals surface area contributed by atoms with Crippen LogP contribution in [0.1, 0.15) is 41.7 Å². The lowest BCUT2D eigenvalue weighted by molar-refractivity contribution is -0.133. The number of hydrogen-bond donors (Lipinski definition) is 0. The number of carbonyl (C=O) groups is 1. The van der Waals surface area contributed by atoms with E-state index >= 15 is 0 Å². The van der Waals surface area contributed by atoms with Gasteiger partial charge in [0.15, 0.2) is 0 Å². The number of oxazole rings is 1. The molecule has 0 N–H and O–H groups in total. The molecule has 0 radical (unpaired) electrons. The molecule has 1 fully saturated rings. The standard InChI is InChI=1S/C24H25F2N3O2/c1-28(15-18-5-2-3-6-21(18)26)16-23(30)29-12-4-7-22(29)24-27-14-20(31-24)13-17-8-10-19(25)11-9-17/h2-3,5-6,8-11,14,22H,4,7,12-13,15-16H2,1H3. The molecule has 2 heterocycles. The van der Waals surface area contributed by atoms with Gasteiger partial charge in [-0.25, -0.2) is 13.8 Å². The first-order chi connectivity index (χ1) is 15.0. The van der Waals surface area contributed by atoms with Crippen LogP contribution in [0.5, 0.6) is 0 Å². The average Bonchev–Trinajstić information content (AvgIpc) is 3.41. The summed E-state index contributed by atoms with van der Waals surface area (Å²) in [6, 6.07) is 12.7. The van der Waals surface area contributed by atoms with Gasteiger partial charge in [-0.1, -0.05) is 30.3 Å². The van der Waals surface area contributed by atoms with E-state index in [2.05, 4.69) is 4.98 Å². The third kappa shape index (κ3) is 5.17. The van der Waals surface area contributed by atoms with E-state index in [1.54, 1.807) is 48.5 Å². The van der Waals surface area contributed by atoms with Crippen molar-refractivity contribution in [2.24, 2.45) is 0 Å². The van der Waals surface area contributed by atoms with Gasteiger partial charge < -0.3 is 9.32 Å². The fourth-order valence-corrected chi connectivity index (χ4v) is 3.98. The van der Waals surface area contributed by atoms with Crippen molar-refractivity contribution in [2.45, 2.75) is 31.8 Å². The quantitative estimate of drug-likeness (QED) is 0.565. The summed E-state index contributed by atoms with van der Waals surface area (Å²) in [5.74, 6) is 0.633. The van der Waals surface area contributed by atoms with Gasteiger partial charge in [-0.05, 0) is 43.7 Å². The average molecular weight is 425 g/mol. The van der Waals surface area contributed by atoms with Crippen molar-refractivity contribution in [1.82, 2.24) is 14.8 Å². The van der Waals surface area contributed by atoms with Crippen LogP contribution in [0.3, 0.4) is 0 Å². The third-order valence-electron chi connectivity index (χ3n) is 5.52. The third-order valence-corrected chi connectivity index (χ3v) is 5.52. The summed E-state index contributed by atoms with van der Waals surface area (Å²) in [7, 11) is 1.81. The Balaban J connectivity index is 1.38. The van der Waals surface area contributed by atoms with Crippen molar-refractivity contribution in [3.05, 3.63) is 89.1 Å². The highest BCUT2D eigenvalue weighted by molar-refractivity contribution is 5.79. The van der Waals surface area contributed by atoms with Crippen molar-refractivity contribution in [3.8, 4) is 0 Å². The normalized spacial score (nSPS) is 16.3. The highest BCUT2D eigenvalue weighted by atomic mass is 19.1. The summed E-state index contributed by atoms with van der Waals surface area (Å²) in [6.07, 6.45) is 3.85. The fourth-order valence-electron chi connectivity index (χ4n) is 3.98. The van der Waals surface area contributed by atoms with Gasteiger partial charge in [0.05, 0.1) is 12.7 Å². The van der Waals surface area contributed by atoms with E-state index in [4.69, 9.17) is 4.42 Å². The number of likely N-dealkylation sites (N-methyl/N-ethyl adjacent to an activating group) is 1. The summed E-state index contributed by atoms with van der Waals surface area (Å²) >= 11 is 0. The van der Waals surface area contributed by atoms with Crippen LogP contribution >= 0.6 is 0 Å². The fraction of sp³-hybridized carbons (Fsp3) is 0.333. The SMILES string of the molecule is CN(CC(=O)N1CCCC1c1ncc(Cc2ccc(F)cc2)o1)Cc1ccccc1F. The molecule has 2 aromatic carbocycles. The molecule has 1 amide bonds. The molecule has 162 valence electrons. The number of rotatable bonds is 7. The molecule has 1 saturated heterocycles. The van der Waals surface area contributed by atoms with Crippen molar-refractivity contribution < 1.29 is 18.0 Å². The van der Waals surface area contributed by atoms with E-state index in [1.807, 2.05) is 4.90 Å². The lowest BCUT2D eigenvalue weighted by Gasteiger charge is -2.25. The van der Waals surface area contributed by atoms with Crippen LogP contribution in [-0.4, -0.2) is 40.8 Å². The second kappa shape index (κ2) is 9.39. The predicted molar refractivity (Wildman–Crippen MR) is 112 cm³/mol. The Morgan fingerprint density at radius 1 is 1.19 bits per heavy atom. The Kier molecular flexibility index (Phi) is 6.42. The Labute approximate surface area is 180 Å². The summed E-state index contributed by atoms with van der Waals surface area (Å²) in [5, 5.41) is 0. The van der Waals surface area contributed by atoms with E-state index in [0.717, 1.165) is 18.4 Å². The van der Waals surface area contributed by atoms with Crippen LogP contribution < -0.4 is 0 Å². The van der Waals surface area contributed by atoms with Gasteiger partial charge in [-0.2, -0.15) is 0 Å².